The molecular weight excluding hydrogens is 353 g/mol. The van der Waals surface area contributed by atoms with Gasteiger partial charge in [-0.05, 0) is 18.9 Å². The Morgan fingerprint density at radius 3 is 2.73 bits per heavy atom. The van der Waals surface area contributed by atoms with E-state index >= 15 is 0 Å². The van der Waals surface area contributed by atoms with Crippen molar-refractivity contribution in [3.8, 4) is 0 Å². The Hall–Kier alpha value is -2.65. The molecule has 10 heteroatoms. The van der Waals surface area contributed by atoms with E-state index in [0.717, 1.165) is 25.7 Å². The van der Waals surface area contributed by atoms with E-state index in [1.807, 2.05) is 4.98 Å². The van der Waals surface area contributed by atoms with Crippen LogP contribution in [0.3, 0.4) is 0 Å². The molecule has 3 rings (SSSR count). The number of aromatic amines is 1. The average Bonchev–Trinajstić information content (AvgIpc) is 3.25. The fourth-order valence-electron chi connectivity index (χ4n) is 2.88. The molecule has 2 aromatic rings. The summed E-state index contributed by atoms with van der Waals surface area (Å²) in [4.78, 5) is 25.5. The van der Waals surface area contributed by atoms with E-state index < -0.39 is 28.9 Å². The van der Waals surface area contributed by atoms with Crippen LogP contribution in [-0.4, -0.2) is 21.1 Å². The van der Waals surface area contributed by atoms with Gasteiger partial charge in [-0.2, -0.15) is 13.2 Å². The predicted octanol–water partition coefficient (Wildman–Crippen LogP) is 3.01. The maximum Gasteiger partial charge on any atom is 0.417 e. The average molecular weight is 370 g/mol. The second kappa shape index (κ2) is 7.30. The number of amides is 1. The van der Waals surface area contributed by atoms with Crippen molar-refractivity contribution in [2.24, 2.45) is 0 Å². The van der Waals surface area contributed by atoms with Gasteiger partial charge in [0.25, 0.3) is 5.56 Å². The van der Waals surface area contributed by atoms with Gasteiger partial charge in [0.2, 0.25) is 17.7 Å². The van der Waals surface area contributed by atoms with Gasteiger partial charge in [0.05, 0.1) is 5.56 Å². The SMILES string of the molecule is O=C(CCc1nnc(C2CCCC2)o1)Nc1cc(C(F)(F)F)c[nH]c1=O. The summed E-state index contributed by atoms with van der Waals surface area (Å²) in [7, 11) is 0. The van der Waals surface area contributed by atoms with Crippen LogP contribution < -0.4 is 10.9 Å². The third kappa shape index (κ3) is 4.30. The summed E-state index contributed by atoms with van der Waals surface area (Å²) >= 11 is 0. The summed E-state index contributed by atoms with van der Waals surface area (Å²) in [5.41, 5.74) is -2.32. The van der Waals surface area contributed by atoms with Crippen LogP contribution in [0.5, 0.6) is 0 Å². The highest BCUT2D eigenvalue weighted by Gasteiger charge is 2.31. The lowest BCUT2D eigenvalue weighted by Crippen LogP contribution is -2.21. The van der Waals surface area contributed by atoms with Crippen molar-refractivity contribution in [2.75, 3.05) is 5.32 Å². The largest absolute Gasteiger partial charge is 0.425 e. The van der Waals surface area contributed by atoms with Crippen LogP contribution in [0, 0.1) is 0 Å². The summed E-state index contributed by atoms with van der Waals surface area (Å²) in [5, 5.41) is 10.1. The van der Waals surface area contributed by atoms with Crippen LogP contribution in [0.2, 0.25) is 0 Å². The van der Waals surface area contributed by atoms with Crippen molar-refractivity contribution in [3.63, 3.8) is 0 Å². The van der Waals surface area contributed by atoms with Crippen LogP contribution in [0.25, 0.3) is 0 Å². The number of nitrogens with zero attached hydrogens (tertiary/aromatic N) is 2. The van der Waals surface area contributed by atoms with Gasteiger partial charge in [0, 0.05) is 25.0 Å². The Labute approximate surface area is 146 Å². The first-order valence-corrected chi connectivity index (χ1v) is 8.25. The quantitative estimate of drug-likeness (QED) is 0.843. The molecule has 2 heterocycles. The van der Waals surface area contributed by atoms with Crippen molar-refractivity contribution < 1.29 is 22.4 Å². The Morgan fingerprint density at radius 1 is 1.31 bits per heavy atom. The highest BCUT2D eigenvalue weighted by atomic mass is 19.4. The monoisotopic (exact) mass is 370 g/mol. The van der Waals surface area contributed by atoms with E-state index in [1.165, 1.54) is 0 Å². The number of aryl methyl sites for hydroxylation is 1. The van der Waals surface area contributed by atoms with Crippen LogP contribution in [0.1, 0.15) is 55.4 Å². The summed E-state index contributed by atoms with van der Waals surface area (Å²) < 4.78 is 43.6. The number of anilines is 1. The molecule has 0 spiro atoms. The second-order valence-electron chi connectivity index (χ2n) is 6.19. The minimum atomic E-state index is -4.62. The lowest BCUT2D eigenvalue weighted by atomic mass is 10.1. The first-order chi connectivity index (χ1) is 12.3. The Morgan fingerprint density at radius 2 is 2.04 bits per heavy atom. The summed E-state index contributed by atoms with van der Waals surface area (Å²) in [6.45, 7) is 0. The predicted molar refractivity (Wildman–Crippen MR) is 84.5 cm³/mol. The first-order valence-electron chi connectivity index (χ1n) is 8.25. The third-order valence-corrected chi connectivity index (χ3v) is 4.26. The maximum atomic E-state index is 12.7. The molecule has 1 aliphatic rings. The minimum Gasteiger partial charge on any atom is -0.425 e. The maximum absolute atomic E-state index is 12.7. The number of alkyl halides is 3. The van der Waals surface area contributed by atoms with Gasteiger partial charge in [-0.1, -0.05) is 12.8 Å². The fourth-order valence-corrected chi connectivity index (χ4v) is 2.88. The van der Waals surface area contributed by atoms with Gasteiger partial charge in [0.1, 0.15) is 5.69 Å². The number of aromatic nitrogens is 3. The topological polar surface area (TPSA) is 101 Å². The van der Waals surface area contributed by atoms with E-state index in [-0.39, 0.29) is 18.8 Å². The number of carbonyl (C=O) groups excluding carboxylic acids is 1. The van der Waals surface area contributed by atoms with Crippen LogP contribution >= 0.6 is 0 Å². The van der Waals surface area contributed by atoms with E-state index in [4.69, 9.17) is 4.42 Å². The van der Waals surface area contributed by atoms with Crippen molar-refractivity contribution in [3.05, 3.63) is 40.0 Å². The van der Waals surface area contributed by atoms with Gasteiger partial charge in [-0.3, -0.25) is 9.59 Å². The molecule has 2 N–H and O–H groups in total. The Balaban J connectivity index is 1.58. The van der Waals surface area contributed by atoms with Crippen molar-refractivity contribution in [2.45, 2.75) is 50.6 Å². The molecule has 0 bridgehead atoms. The molecule has 0 unspecified atom stereocenters. The van der Waals surface area contributed by atoms with Gasteiger partial charge < -0.3 is 14.7 Å². The number of pyridine rings is 1. The van der Waals surface area contributed by atoms with Crippen molar-refractivity contribution in [1.82, 2.24) is 15.2 Å². The molecule has 140 valence electrons. The molecular formula is C16H17F3N4O3. The zero-order valence-electron chi connectivity index (χ0n) is 13.7. The van der Waals surface area contributed by atoms with Gasteiger partial charge >= 0.3 is 6.18 Å². The van der Waals surface area contributed by atoms with E-state index in [2.05, 4.69) is 15.5 Å². The lowest BCUT2D eigenvalue weighted by Gasteiger charge is -2.08. The van der Waals surface area contributed by atoms with E-state index in [0.29, 0.717) is 24.0 Å². The molecule has 0 radical (unpaired) electrons. The molecule has 0 aromatic carbocycles. The number of hydrogen-bond donors (Lipinski definition) is 2. The molecule has 1 amide bonds. The molecule has 1 aliphatic carbocycles. The van der Waals surface area contributed by atoms with E-state index in [1.54, 1.807) is 0 Å². The molecule has 0 saturated heterocycles. The first kappa shape index (κ1) is 18.2. The third-order valence-electron chi connectivity index (χ3n) is 4.26. The zero-order chi connectivity index (χ0) is 18.7. The van der Waals surface area contributed by atoms with Crippen LogP contribution in [0.15, 0.2) is 21.5 Å². The minimum absolute atomic E-state index is 0.0953. The number of rotatable bonds is 5. The molecule has 7 nitrogen and oxygen atoms in total. The highest BCUT2D eigenvalue weighted by molar-refractivity contribution is 5.90. The van der Waals surface area contributed by atoms with Gasteiger partial charge in [-0.15, -0.1) is 10.2 Å². The number of halogens is 3. The Kier molecular flexibility index (Phi) is 5.10. The summed E-state index contributed by atoms with van der Waals surface area (Å²) in [6.07, 6.45) is 0.225. The zero-order valence-corrected chi connectivity index (χ0v) is 13.7. The molecule has 0 atom stereocenters. The van der Waals surface area contributed by atoms with Crippen LogP contribution in [0.4, 0.5) is 18.9 Å². The summed E-state index contributed by atoms with van der Waals surface area (Å²) in [6, 6.07) is 0.599. The molecule has 0 aliphatic heterocycles. The molecule has 26 heavy (non-hydrogen) atoms. The smallest absolute Gasteiger partial charge is 0.417 e. The fraction of sp³-hybridized carbons (Fsp3) is 0.500. The number of carbonyl (C=O) groups is 1. The normalized spacial score (nSPS) is 15.3. The van der Waals surface area contributed by atoms with Gasteiger partial charge in [0.15, 0.2) is 0 Å². The molecule has 1 saturated carbocycles. The molecule has 2 aromatic heterocycles. The van der Waals surface area contributed by atoms with Crippen molar-refractivity contribution in [1.29, 1.82) is 0 Å². The second-order valence-corrected chi connectivity index (χ2v) is 6.19. The summed E-state index contributed by atoms with van der Waals surface area (Å²) in [5.74, 6) is 0.497. The molecule has 1 fully saturated rings. The van der Waals surface area contributed by atoms with Gasteiger partial charge in [-0.25, -0.2) is 0 Å². The van der Waals surface area contributed by atoms with E-state index in [9.17, 15) is 22.8 Å². The van der Waals surface area contributed by atoms with Crippen molar-refractivity contribution >= 4 is 11.6 Å². The van der Waals surface area contributed by atoms with Crippen LogP contribution in [-0.2, 0) is 17.4 Å². The lowest BCUT2D eigenvalue weighted by molar-refractivity contribution is -0.137. The Bertz CT molecular complexity index is 838. The number of hydrogen-bond acceptors (Lipinski definition) is 5. The standard InChI is InChI=1S/C16H17F3N4O3/c17-16(18,19)10-7-11(14(25)20-8-10)21-12(24)5-6-13-22-23-15(26-13)9-3-1-2-4-9/h7-9H,1-6H2,(H,20,25)(H,21,24). The number of H-pyrrole nitrogens is 1. The number of nitrogens with one attached hydrogen (secondary N) is 2. The highest BCUT2D eigenvalue weighted by Crippen LogP contribution is 2.33.